The van der Waals surface area contributed by atoms with Crippen molar-refractivity contribution >= 4 is 17.7 Å². The number of carbonyl (C=O) groups is 3. The summed E-state index contributed by atoms with van der Waals surface area (Å²) < 4.78 is 0. The number of carbonyl (C=O) groups excluding carboxylic acids is 2. The molecular formula is C27H32N2O6. The molecule has 8 heteroatoms. The van der Waals surface area contributed by atoms with E-state index in [4.69, 9.17) is 0 Å². The number of ketones is 1. The first-order valence-corrected chi connectivity index (χ1v) is 12.1. The monoisotopic (exact) mass is 480 g/mol. The van der Waals surface area contributed by atoms with Crippen molar-refractivity contribution in [3.8, 4) is 5.75 Å². The molecule has 35 heavy (non-hydrogen) atoms. The number of aliphatic hydroxyl groups is 1. The minimum absolute atomic E-state index is 0.0385. The molecule has 0 bridgehead atoms. The van der Waals surface area contributed by atoms with Crippen LogP contribution in [0.5, 0.6) is 5.75 Å². The number of amides is 1. The van der Waals surface area contributed by atoms with Gasteiger partial charge in [0, 0.05) is 19.4 Å². The fourth-order valence-electron chi connectivity index (χ4n) is 5.87. The molecule has 4 rings (SSSR count). The summed E-state index contributed by atoms with van der Waals surface area (Å²) in [5.41, 5.74) is -2.04. The van der Waals surface area contributed by atoms with Gasteiger partial charge in [-0.1, -0.05) is 49.4 Å². The van der Waals surface area contributed by atoms with Crippen LogP contribution in [0.25, 0.3) is 0 Å². The van der Waals surface area contributed by atoms with Crippen LogP contribution in [0.4, 0.5) is 0 Å². The number of nitrogens with one attached hydrogen (secondary N) is 1. The average molecular weight is 481 g/mol. The average Bonchev–Trinajstić information content (AvgIpc) is 3.50. The van der Waals surface area contributed by atoms with E-state index >= 15 is 0 Å². The van der Waals surface area contributed by atoms with Crippen molar-refractivity contribution in [3.63, 3.8) is 0 Å². The van der Waals surface area contributed by atoms with Crippen LogP contribution in [0.15, 0.2) is 54.6 Å². The summed E-state index contributed by atoms with van der Waals surface area (Å²) in [5.74, 6) is -2.99. The van der Waals surface area contributed by atoms with Crippen LogP contribution in [0.2, 0.25) is 0 Å². The summed E-state index contributed by atoms with van der Waals surface area (Å²) in [6.45, 7) is 2.38. The number of Topliss-reactive ketones (excluding diaryl/α,β-unsaturated/α-hetero) is 1. The van der Waals surface area contributed by atoms with Gasteiger partial charge in [0.05, 0.1) is 17.6 Å². The number of nitrogens with zero attached hydrogens (tertiary/aromatic N) is 1. The lowest BCUT2D eigenvalue weighted by Crippen LogP contribution is -2.60. The predicted molar refractivity (Wildman–Crippen MR) is 129 cm³/mol. The maximum absolute atomic E-state index is 14.3. The Kier molecular flexibility index (Phi) is 6.96. The molecule has 4 atom stereocenters. The lowest BCUT2D eigenvalue weighted by Gasteiger charge is -2.42. The summed E-state index contributed by atoms with van der Waals surface area (Å²) in [7, 11) is 0. The van der Waals surface area contributed by atoms with E-state index in [1.165, 1.54) is 29.2 Å². The van der Waals surface area contributed by atoms with Gasteiger partial charge in [-0.05, 0) is 49.1 Å². The molecule has 2 aliphatic heterocycles. The van der Waals surface area contributed by atoms with Gasteiger partial charge >= 0.3 is 5.97 Å². The summed E-state index contributed by atoms with van der Waals surface area (Å²) in [6, 6.07) is 14.8. The minimum Gasteiger partial charge on any atom is -0.508 e. The highest BCUT2D eigenvalue weighted by Crippen LogP contribution is 2.48. The second-order valence-electron chi connectivity index (χ2n) is 9.47. The van der Waals surface area contributed by atoms with E-state index in [0.29, 0.717) is 18.5 Å². The molecule has 2 aromatic rings. The molecule has 0 aliphatic carbocycles. The number of phenols is 1. The quantitative estimate of drug-likeness (QED) is 0.458. The van der Waals surface area contributed by atoms with Gasteiger partial charge in [-0.15, -0.1) is 0 Å². The standard InChI is InChI=1S/C27H32N2O6/c1-2-23(32)29-16-13-21(27(29,25(34)35)19-9-11-20(30)12-10-19)24(33)26(14-6-15-28-26)17-22(31)18-7-4-3-5-8-18/h3-5,7-12,21-22,28,30-31H,2,6,13-17H2,1H3,(H,34,35)/t21?,22?,26-,27+/m1/s1. The van der Waals surface area contributed by atoms with E-state index in [9.17, 15) is 29.7 Å². The molecule has 0 saturated carbocycles. The van der Waals surface area contributed by atoms with Crippen LogP contribution < -0.4 is 5.32 Å². The Labute approximate surface area is 204 Å². The number of aliphatic hydroxyl groups excluding tert-OH is 1. The third-order valence-corrected chi connectivity index (χ3v) is 7.57. The van der Waals surface area contributed by atoms with Crippen molar-refractivity contribution in [2.24, 2.45) is 5.92 Å². The normalized spacial score (nSPS) is 27.0. The van der Waals surface area contributed by atoms with Crippen LogP contribution in [0.3, 0.4) is 0 Å². The first-order valence-electron chi connectivity index (χ1n) is 12.1. The zero-order chi connectivity index (χ0) is 25.2. The third-order valence-electron chi connectivity index (χ3n) is 7.57. The molecule has 4 N–H and O–H groups in total. The number of benzene rings is 2. The maximum Gasteiger partial charge on any atom is 0.335 e. The van der Waals surface area contributed by atoms with Crippen molar-refractivity contribution in [3.05, 3.63) is 65.7 Å². The second-order valence-corrected chi connectivity index (χ2v) is 9.47. The van der Waals surface area contributed by atoms with Crippen LogP contribution in [-0.4, -0.2) is 56.5 Å². The molecular weight excluding hydrogens is 448 g/mol. The third kappa shape index (κ3) is 4.21. The van der Waals surface area contributed by atoms with Crippen LogP contribution in [0, 0.1) is 5.92 Å². The molecule has 8 nitrogen and oxygen atoms in total. The largest absolute Gasteiger partial charge is 0.508 e. The van der Waals surface area contributed by atoms with E-state index in [-0.39, 0.29) is 48.8 Å². The number of hydrogen-bond acceptors (Lipinski definition) is 6. The SMILES string of the molecule is CCC(=O)N1CCC(C(=O)[C@]2(CC(O)c3ccccc3)CCCN2)[C@]1(C(=O)O)c1ccc(O)cc1. The van der Waals surface area contributed by atoms with Crippen LogP contribution in [0.1, 0.15) is 56.3 Å². The van der Waals surface area contributed by atoms with E-state index in [1.54, 1.807) is 19.1 Å². The Hall–Kier alpha value is -3.23. The first kappa shape index (κ1) is 24.9. The highest BCUT2D eigenvalue weighted by atomic mass is 16.4. The lowest BCUT2D eigenvalue weighted by molar-refractivity contribution is -0.163. The molecule has 2 heterocycles. The predicted octanol–water partition coefficient (Wildman–Crippen LogP) is 2.75. The van der Waals surface area contributed by atoms with Gasteiger partial charge in [0.1, 0.15) is 5.75 Å². The van der Waals surface area contributed by atoms with Crippen molar-refractivity contribution in [2.75, 3.05) is 13.1 Å². The zero-order valence-corrected chi connectivity index (χ0v) is 19.8. The number of likely N-dealkylation sites (tertiary alicyclic amines) is 1. The van der Waals surface area contributed by atoms with Gasteiger partial charge in [-0.2, -0.15) is 0 Å². The Morgan fingerprint density at radius 2 is 1.80 bits per heavy atom. The van der Waals surface area contributed by atoms with Gasteiger partial charge in [0.15, 0.2) is 11.3 Å². The number of aliphatic carboxylic acids is 1. The van der Waals surface area contributed by atoms with Crippen molar-refractivity contribution in [2.45, 2.75) is 56.2 Å². The first-order chi connectivity index (χ1) is 16.8. The van der Waals surface area contributed by atoms with E-state index in [1.807, 2.05) is 18.2 Å². The van der Waals surface area contributed by atoms with E-state index in [2.05, 4.69) is 5.32 Å². The number of carboxylic acids is 1. The van der Waals surface area contributed by atoms with Crippen LogP contribution in [-0.2, 0) is 19.9 Å². The highest BCUT2D eigenvalue weighted by Gasteiger charge is 2.63. The lowest BCUT2D eigenvalue weighted by atomic mass is 9.69. The number of rotatable bonds is 8. The molecule has 186 valence electrons. The number of aromatic hydroxyl groups is 1. The fraction of sp³-hybridized carbons (Fsp3) is 0.444. The summed E-state index contributed by atoms with van der Waals surface area (Å²) in [5, 5.41) is 34.7. The Bertz CT molecular complexity index is 1080. The number of carboxylic acid groups (broad SMARTS) is 1. The van der Waals surface area contributed by atoms with Gasteiger partial charge < -0.3 is 25.5 Å². The Morgan fingerprint density at radius 1 is 1.11 bits per heavy atom. The molecule has 2 aromatic carbocycles. The molecule has 0 spiro atoms. The molecule has 2 unspecified atom stereocenters. The Morgan fingerprint density at radius 3 is 2.37 bits per heavy atom. The fourth-order valence-corrected chi connectivity index (χ4v) is 5.87. The summed E-state index contributed by atoms with van der Waals surface area (Å²) in [4.78, 5) is 41.6. The van der Waals surface area contributed by atoms with Crippen LogP contribution >= 0.6 is 0 Å². The highest BCUT2D eigenvalue weighted by molar-refractivity contribution is 6.00. The topological polar surface area (TPSA) is 127 Å². The maximum atomic E-state index is 14.3. The minimum atomic E-state index is -1.90. The van der Waals surface area contributed by atoms with E-state index < -0.39 is 29.1 Å². The van der Waals surface area contributed by atoms with Crippen molar-refractivity contribution in [1.82, 2.24) is 10.2 Å². The molecule has 2 fully saturated rings. The zero-order valence-electron chi connectivity index (χ0n) is 19.8. The Balaban J connectivity index is 1.79. The number of phenolic OH excluding ortho intramolecular Hbond substituents is 1. The summed E-state index contributed by atoms with van der Waals surface area (Å²) >= 11 is 0. The van der Waals surface area contributed by atoms with Crippen molar-refractivity contribution < 1.29 is 29.7 Å². The van der Waals surface area contributed by atoms with Crippen molar-refractivity contribution in [1.29, 1.82) is 0 Å². The summed E-state index contributed by atoms with van der Waals surface area (Å²) in [6.07, 6.45) is 0.691. The van der Waals surface area contributed by atoms with Gasteiger partial charge in [0.25, 0.3) is 0 Å². The molecule has 2 aliphatic rings. The van der Waals surface area contributed by atoms with Gasteiger partial charge in [-0.3, -0.25) is 9.59 Å². The molecule has 0 radical (unpaired) electrons. The number of hydrogen-bond donors (Lipinski definition) is 4. The van der Waals surface area contributed by atoms with Gasteiger partial charge in [0.2, 0.25) is 5.91 Å². The molecule has 0 aromatic heterocycles. The smallest absolute Gasteiger partial charge is 0.335 e. The molecule has 1 amide bonds. The van der Waals surface area contributed by atoms with Gasteiger partial charge in [-0.25, -0.2) is 4.79 Å². The van der Waals surface area contributed by atoms with E-state index in [0.717, 1.165) is 6.42 Å². The molecule has 2 saturated heterocycles. The second kappa shape index (κ2) is 9.79.